The zero-order valence-corrected chi connectivity index (χ0v) is 11.6. The smallest absolute Gasteiger partial charge is 0.136 e. The summed E-state index contributed by atoms with van der Waals surface area (Å²) in [6.07, 6.45) is 0. The van der Waals surface area contributed by atoms with Gasteiger partial charge in [-0.25, -0.2) is 4.99 Å². The molecule has 0 radical (unpaired) electrons. The fourth-order valence-electron chi connectivity index (χ4n) is 2.09. The first kappa shape index (κ1) is 12.8. The number of aryl methyl sites for hydroxylation is 3. The summed E-state index contributed by atoms with van der Waals surface area (Å²) < 4.78 is 0. The Kier molecular flexibility index (Phi) is 3.83. The lowest BCUT2D eigenvalue weighted by atomic mass is 10.1. The highest BCUT2D eigenvalue weighted by molar-refractivity contribution is 6.69. The van der Waals surface area contributed by atoms with Crippen molar-refractivity contribution >= 4 is 22.5 Å². The van der Waals surface area contributed by atoms with Crippen molar-refractivity contribution in [3.8, 4) is 0 Å². The number of rotatable bonds is 2. The summed E-state index contributed by atoms with van der Waals surface area (Å²) in [4.78, 5) is 4.55. The molecule has 0 aliphatic rings. The Balaban J connectivity index is 2.45. The van der Waals surface area contributed by atoms with Gasteiger partial charge in [-0.15, -0.1) is 0 Å². The normalized spacial score (nSPS) is 11.7. The number of hydrogen-bond donors (Lipinski definition) is 0. The highest BCUT2D eigenvalue weighted by atomic mass is 35.5. The van der Waals surface area contributed by atoms with Crippen molar-refractivity contribution < 1.29 is 0 Å². The molecular weight excluding hydrogens is 242 g/mol. The molecule has 0 heterocycles. The molecule has 2 rings (SSSR count). The molecule has 92 valence electrons. The summed E-state index contributed by atoms with van der Waals surface area (Å²) in [5.41, 5.74) is 5.47. The van der Waals surface area contributed by atoms with Crippen LogP contribution in [0, 0.1) is 20.8 Å². The second kappa shape index (κ2) is 5.36. The summed E-state index contributed by atoms with van der Waals surface area (Å²) >= 11 is 6.27. The van der Waals surface area contributed by atoms with Gasteiger partial charge in [-0.3, -0.25) is 0 Å². The van der Waals surface area contributed by atoms with E-state index < -0.39 is 0 Å². The third-order valence-electron chi connectivity index (χ3n) is 2.86. The second-order valence-electron chi connectivity index (χ2n) is 4.52. The fraction of sp³-hybridized carbons (Fsp3) is 0.188. The fourth-order valence-corrected chi connectivity index (χ4v) is 2.30. The molecule has 0 aliphatic heterocycles. The van der Waals surface area contributed by atoms with Crippen LogP contribution in [0.5, 0.6) is 0 Å². The van der Waals surface area contributed by atoms with E-state index in [0.29, 0.717) is 5.17 Å². The summed E-state index contributed by atoms with van der Waals surface area (Å²) in [7, 11) is 0. The molecule has 2 aromatic carbocycles. The Morgan fingerprint density at radius 2 is 1.50 bits per heavy atom. The Labute approximate surface area is 113 Å². The minimum atomic E-state index is 0.533. The van der Waals surface area contributed by atoms with Crippen molar-refractivity contribution in [2.75, 3.05) is 0 Å². The van der Waals surface area contributed by atoms with E-state index in [9.17, 15) is 0 Å². The Morgan fingerprint density at radius 3 is 2.06 bits per heavy atom. The third-order valence-corrected chi connectivity index (χ3v) is 3.16. The van der Waals surface area contributed by atoms with Gasteiger partial charge < -0.3 is 0 Å². The Bertz CT molecular complexity index is 562. The zero-order chi connectivity index (χ0) is 13.1. The number of nitrogens with zero attached hydrogens (tertiary/aromatic N) is 1. The van der Waals surface area contributed by atoms with Gasteiger partial charge in [0.2, 0.25) is 0 Å². The Hall–Kier alpha value is -1.60. The van der Waals surface area contributed by atoms with Gasteiger partial charge >= 0.3 is 0 Å². The van der Waals surface area contributed by atoms with Gasteiger partial charge in [-0.1, -0.05) is 59.6 Å². The molecule has 0 spiro atoms. The molecule has 0 saturated carbocycles. The predicted molar refractivity (Wildman–Crippen MR) is 79.1 cm³/mol. The minimum absolute atomic E-state index is 0.533. The molecule has 0 aromatic heterocycles. The first-order valence-electron chi connectivity index (χ1n) is 5.95. The van der Waals surface area contributed by atoms with Crippen LogP contribution in [-0.4, -0.2) is 5.17 Å². The number of halogens is 1. The SMILES string of the molecule is Cc1cc(C)c(/N=C(\Cl)c2ccccc2)c(C)c1. The van der Waals surface area contributed by atoms with Crippen LogP contribution in [0.25, 0.3) is 0 Å². The van der Waals surface area contributed by atoms with Crippen LogP contribution in [0.15, 0.2) is 47.5 Å². The van der Waals surface area contributed by atoms with Gasteiger partial charge in [0, 0.05) is 5.56 Å². The van der Waals surface area contributed by atoms with Crippen LogP contribution in [0.3, 0.4) is 0 Å². The van der Waals surface area contributed by atoms with Crippen LogP contribution in [0.4, 0.5) is 5.69 Å². The summed E-state index contributed by atoms with van der Waals surface area (Å²) in [6.45, 7) is 6.22. The topological polar surface area (TPSA) is 12.4 Å². The zero-order valence-electron chi connectivity index (χ0n) is 10.9. The lowest BCUT2D eigenvalue weighted by Crippen LogP contribution is -1.91. The maximum absolute atomic E-state index is 6.27. The molecule has 2 aromatic rings. The van der Waals surface area contributed by atoms with Gasteiger partial charge in [-0.05, 0) is 31.9 Å². The summed E-state index contributed by atoms with van der Waals surface area (Å²) in [5, 5.41) is 0.533. The van der Waals surface area contributed by atoms with Crippen molar-refractivity contribution in [2.45, 2.75) is 20.8 Å². The van der Waals surface area contributed by atoms with E-state index in [0.717, 1.165) is 22.4 Å². The largest absolute Gasteiger partial charge is 0.236 e. The van der Waals surface area contributed by atoms with Crippen LogP contribution in [0.2, 0.25) is 0 Å². The monoisotopic (exact) mass is 257 g/mol. The molecule has 2 heteroatoms. The molecule has 0 aliphatic carbocycles. The molecule has 0 bridgehead atoms. The van der Waals surface area contributed by atoms with Crippen molar-refractivity contribution in [2.24, 2.45) is 4.99 Å². The van der Waals surface area contributed by atoms with E-state index in [1.54, 1.807) is 0 Å². The minimum Gasteiger partial charge on any atom is -0.236 e. The van der Waals surface area contributed by atoms with E-state index in [1.165, 1.54) is 5.56 Å². The predicted octanol–water partition coefficient (Wildman–Crippen LogP) is 4.93. The highest BCUT2D eigenvalue weighted by Gasteiger charge is 2.05. The van der Waals surface area contributed by atoms with E-state index in [2.05, 4.69) is 37.9 Å². The van der Waals surface area contributed by atoms with E-state index in [1.807, 2.05) is 30.3 Å². The molecule has 0 N–H and O–H groups in total. The molecule has 18 heavy (non-hydrogen) atoms. The molecule has 0 unspecified atom stereocenters. The van der Waals surface area contributed by atoms with E-state index >= 15 is 0 Å². The maximum atomic E-state index is 6.27. The van der Waals surface area contributed by atoms with Gasteiger partial charge in [0.05, 0.1) is 5.69 Å². The number of aliphatic imine (C=N–C) groups is 1. The first-order chi connectivity index (χ1) is 8.58. The quantitative estimate of drug-likeness (QED) is 0.677. The van der Waals surface area contributed by atoms with Crippen LogP contribution >= 0.6 is 11.6 Å². The van der Waals surface area contributed by atoms with Crippen LogP contribution < -0.4 is 0 Å². The lowest BCUT2D eigenvalue weighted by Gasteiger charge is -2.07. The van der Waals surface area contributed by atoms with Gasteiger partial charge in [-0.2, -0.15) is 0 Å². The van der Waals surface area contributed by atoms with Crippen molar-refractivity contribution in [1.29, 1.82) is 0 Å². The molecule has 0 amide bonds. The molecule has 0 fully saturated rings. The summed E-state index contributed by atoms with van der Waals surface area (Å²) in [5.74, 6) is 0. The maximum Gasteiger partial charge on any atom is 0.136 e. The molecule has 1 nitrogen and oxygen atoms in total. The number of benzene rings is 2. The Morgan fingerprint density at radius 1 is 0.944 bits per heavy atom. The van der Waals surface area contributed by atoms with Crippen molar-refractivity contribution in [3.05, 3.63) is 64.7 Å². The molecule has 0 atom stereocenters. The standard InChI is InChI=1S/C16H16ClN/c1-11-9-12(2)15(13(3)10-11)18-16(17)14-7-5-4-6-8-14/h4-10H,1-3H3/b18-16-. The second-order valence-corrected chi connectivity index (χ2v) is 4.87. The van der Waals surface area contributed by atoms with Crippen LogP contribution in [-0.2, 0) is 0 Å². The van der Waals surface area contributed by atoms with Crippen LogP contribution in [0.1, 0.15) is 22.3 Å². The van der Waals surface area contributed by atoms with Gasteiger partial charge in [0.15, 0.2) is 0 Å². The highest BCUT2D eigenvalue weighted by Crippen LogP contribution is 2.26. The van der Waals surface area contributed by atoms with Crippen molar-refractivity contribution in [3.63, 3.8) is 0 Å². The third kappa shape index (κ3) is 2.80. The average Bonchev–Trinajstić information content (AvgIpc) is 2.34. The lowest BCUT2D eigenvalue weighted by molar-refractivity contribution is 1.29. The average molecular weight is 258 g/mol. The van der Waals surface area contributed by atoms with E-state index in [-0.39, 0.29) is 0 Å². The number of hydrogen-bond acceptors (Lipinski definition) is 1. The van der Waals surface area contributed by atoms with Crippen molar-refractivity contribution in [1.82, 2.24) is 0 Å². The summed E-state index contributed by atoms with van der Waals surface area (Å²) in [6, 6.07) is 14.1. The molecular formula is C16H16ClN. The van der Waals surface area contributed by atoms with Gasteiger partial charge in [0.1, 0.15) is 5.17 Å². The van der Waals surface area contributed by atoms with Gasteiger partial charge in [0.25, 0.3) is 0 Å². The first-order valence-corrected chi connectivity index (χ1v) is 6.33. The van der Waals surface area contributed by atoms with E-state index in [4.69, 9.17) is 11.6 Å². The molecule has 0 saturated heterocycles.